The van der Waals surface area contributed by atoms with Crippen molar-refractivity contribution in [3.8, 4) is 5.75 Å². The summed E-state index contributed by atoms with van der Waals surface area (Å²) in [5.74, 6) is 0.350. The maximum absolute atomic E-state index is 11.9. The third-order valence-corrected chi connectivity index (χ3v) is 3.43. The van der Waals surface area contributed by atoms with Crippen molar-refractivity contribution in [3.63, 3.8) is 0 Å². The van der Waals surface area contributed by atoms with Crippen LogP contribution in [0.2, 0.25) is 5.02 Å². The molecule has 21 heavy (non-hydrogen) atoms. The first-order valence-electron chi connectivity index (χ1n) is 6.79. The van der Waals surface area contributed by atoms with Crippen molar-refractivity contribution in [2.24, 2.45) is 0 Å². The molecule has 0 spiro atoms. The zero-order valence-corrected chi connectivity index (χ0v) is 12.9. The van der Waals surface area contributed by atoms with E-state index in [9.17, 15) is 4.79 Å². The summed E-state index contributed by atoms with van der Waals surface area (Å²) < 4.78 is 5.47. The van der Waals surface area contributed by atoms with Crippen LogP contribution < -0.4 is 10.1 Å². The fourth-order valence-electron chi connectivity index (χ4n) is 1.97. The molecule has 0 aliphatic rings. The van der Waals surface area contributed by atoms with E-state index in [2.05, 4.69) is 5.32 Å². The molecule has 0 aromatic heterocycles. The lowest BCUT2D eigenvalue weighted by Crippen LogP contribution is -2.31. The highest BCUT2D eigenvalue weighted by molar-refractivity contribution is 6.32. The van der Waals surface area contributed by atoms with Crippen LogP contribution in [0.4, 0.5) is 0 Å². The van der Waals surface area contributed by atoms with E-state index in [1.54, 1.807) is 6.07 Å². The number of benzene rings is 2. The monoisotopic (exact) mass is 303 g/mol. The van der Waals surface area contributed by atoms with E-state index in [-0.39, 0.29) is 18.6 Å². The number of halogens is 1. The van der Waals surface area contributed by atoms with E-state index in [0.717, 1.165) is 11.1 Å². The Morgan fingerprint density at radius 3 is 2.67 bits per heavy atom. The predicted molar refractivity (Wildman–Crippen MR) is 84.7 cm³/mol. The van der Waals surface area contributed by atoms with Gasteiger partial charge in [0.05, 0.1) is 11.1 Å². The lowest BCUT2D eigenvalue weighted by Gasteiger charge is -2.15. The third kappa shape index (κ3) is 4.50. The van der Waals surface area contributed by atoms with Crippen LogP contribution in [0, 0.1) is 6.92 Å². The number of amides is 1. The number of hydrogen-bond acceptors (Lipinski definition) is 2. The molecule has 0 aliphatic heterocycles. The topological polar surface area (TPSA) is 38.3 Å². The highest BCUT2D eigenvalue weighted by Crippen LogP contribution is 2.25. The van der Waals surface area contributed by atoms with Gasteiger partial charge in [0, 0.05) is 0 Å². The molecule has 2 aromatic carbocycles. The minimum Gasteiger partial charge on any atom is -0.482 e. The Morgan fingerprint density at radius 2 is 1.95 bits per heavy atom. The maximum Gasteiger partial charge on any atom is 0.258 e. The van der Waals surface area contributed by atoms with Crippen LogP contribution in [0.15, 0.2) is 48.5 Å². The average Bonchev–Trinajstić information content (AvgIpc) is 2.49. The number of rotatable bonds is 5. The SMILES string of the molecule is Cc1ccc(Cl)c(OCC(=O)NC(C)c2ccccc2)c1. The van der Waals surface area contributed by atoms with Crippen molar-refractivity contribution >= 4 is 17.5 Å². The van der Waals surface area contributed by atoms with Crippen molar-refractivity contribution in [3.05, 3.63) is 64.7 Å². The van der Waals surface area contributed by atoms with Crippen molar-refractivity contribution in [1.29, 1.82) is 0 Å². The molecule has 2 rings (SSSR count). The summed E-state index contributed by atoms with van der Waals surface area (Å²) in [4.78, 5) is 11.9. The third-order valence-electron chi connectivity index (χ3n) is 3.12. The highest BCUT2D eigenvalue weighted by Gasteiger charge is 2.10. The molecule has 110 valence electrons. The first-order valence-corrected chi connectivity index (χ1v) is 7.17. The summed E-state index contributed by atoms with van der Waals surface area (Å²) in [5, 5.41) is 3.40. The molecular formula is C17H18ClNO2. The molecule has 0 aliphatic carbocycles. The van der Waals surface area contributed by atoms with Gasteiger partial charge in [0.25, 0.3) is 5.91 Å². The van der Waals surface area contributed by atoms with E-state index >= 15 is 0 Å². The van der Waals surface area contributed by atoms with E-state index < -0.39 is 0 Å². The summed E-state index contributed by atoms with van der Waals surface area (Å²) in [7, 11) is 0. The smallest absolute Gasteiger partial charge is 0.258 e. The summed E-state index contributed by atoms with van der Waals surface area (Å²) in [6, 6.07) is 15.2. The van der Waals surface area contributed by atoms with Gasteiger partial charge in [-0.3, -0.25) is 4.79 Å². The van der Waals surface area contributed by atoms with E-state index in [1.165, 1.54) is 0 Å². The number of carbonyl (C=O) groups excluding carboxylic acids is 1. The Bertz CT molecular complexity index is 613. The molecule has 0 bridgehead atoms. The number of aryl methyl sites for hydroxylation is 1. The van der Waals surface area contributed by atoms with Crippen LogP contribution in [0.3, 0.4) is 0 Å². The first kappa shape index (κ1) is 15.4. The molecule has 0 saturated carbocycles. The number of carbonyl (C=O) groups is 1. The molecule has 1 N–H and O–H groups in total. The second kappa shape index (κ2) is 7.14. The number of ether oxygens (including phenoxy) is 1. The molecule has 0 heterocycles. The molecule has 1 unspecified atom stereocenters. The van der Waals surface area contributed by atoms with Crippen LogP contribution >= 0.6 is 11.6 Å². The normalized spacial score (nSPS) is 11.8. The van der Waals surface area contributed by atoms with Gasteiger partial charge in [0.1, 0.15) is 5.75 Å². The Balaban J connectivity index is 1.89. The summed E-state index contributed by atoms with van der Waals surface area (Å²) in [6.07, 6.45) is 0. The molecule has 1 amide bonds. The van der Waals surface area contributed by atoms with Crippen LogP contribution in [0.5, 0.6) is 5.75 Å². The Labute approximate surface area is 129 Å². The van der Waals surface area contributed by atoms with Gasteiger partial charge in [-0.05, 0) is 37.1 Å². The van der Waals surface area contributed by atoms with Crippen LogP contribution in [0.25, 0.3) is 0 Å². The molecule has 0 fully saturated rings. The molecular weight excluding hydrogens is 286 g/mol. The second-order valence-electron chi connectivity index (χ2n) is 4.92. The first-order chi connectivity index (χ1) is 10.1. The van der Waals surface area contributed by atoms with Crippen LogP contribution in [0.1, 0.15) is 24.1 Å². The van der Waals surface area contributed by atoms with Crippen molar-refractivity contribution in [1.82, 2.24) is 5.32 Å². The van der Waals surface area contributed by atoms with Crippen molar-refractivity contribution < 1.29 is 9.53 Å². The van der Waals surface area contributed by atoms with Gasteiger partial charge >= 0.3 is 0 Å². The zero-order chi connectivity index (χ0) is 15.2. The maximum atomic E-state index is 11.9. The van der Waals surface area contributed by atoms with Gasteiger partial charge in [-0.15, -0.1) is 0 Å². The highest BCUT2D eigenvalue weighted by atomic mass is 35.5. The lowest BCUT2D eigenvalue weighted by atomic mass is 10.1. The average molecular weight is 304 g/mol. The summed E-state index contributed by atoms with van der Waals surface area (Å²) >= 11 is 6.02. The Hall–Kier alpha value is -2.00. The minimum atomic E-state index is -0.177. The summed E-state index contributed by atoms with van der Waals surface area (Å²) in [5.41, 5.74) is 2.09. The van der Waals surface area contributed by atoms with Gasteiger partial charge in [0.2, 0.25) is 0 Å². The Kier molecular flexibility index (Phi) is 5.23. The van der Waals surface area contributed by atoms with E-state index in [4.69, 9.17) is 16.3 Å². The fourth-order valence-corrected chi connectivity index (χ4v) is 2.14. The zero-order valence-electron chi connectivity index (χ0n) is 12.1. The quantitative estimate of drug-likeness (QED) is 0.909. The van der Waals surface area contributed by atoms with E-state index in [1.807, 2.05) is 56.3 Å². The molecule has 1 atom stereocenters. The summed E-state index contributed by atoms with van der Waals surface area (Å²) in [6.45, 7) is 3.83. The van der Waals surface area contributed by atoms with Gasteiger partial charge in [0.15, 0.2) is 6.61 Å². The van der Waals surface area contributed by atoms with Gasteiger partial charge in [-0.2, -0.15) is 0 Å². The predicted octanol–water partition coefficient (Wildman–Crippen LogP) is 3.90. The second-order valence-corrected chi connectivity index (χ2v) is 5.33. The Morgan fingerprint density at radius 1 is 1.24 bits per heavy atom. The van der Waals surface area contributed by atoms with Crippen LogP contribution in [-0.4, -0.2) is 12.5 Å². The van der Waals surface area contributed by atoms with Gasteiger partial charge < -0.3 is 10.1 Å². The fraction of sp³-hybridized carbons (Fsp3) is 0.235. The van der Waals surface area contributed by atoms with E-state index in [0.29, 0.717) is 10.8 Å². The lowest BCUT2D eigenvalue weighted by molar-refractivity contribution is -0.123. The minimum absolute atomic E-state index is 0.0552. The molecule has 4 heteroatoms. The van der Waals surface area contributed by atoms with Gasteiger partial charge in [-0.1, -0.05) is 48.0 Å². The molecule has 0 saturated heterocycles. The molecule has 3 nitrogen and oxygen atoms in total. The standard InChI is InChI=1S/C17H18ClNO2/c1-12-8-9-15(18)16(10-12)21-11-17(20)19-13(2)14-6-4-3-5-7-14/h3-10,13H,11H2,1-2H3,(H,19,20). The van der Waals surface area contributed by atoms with Crippen LogP contribution in [-0.2, 0) is 4.79 Å². The molecule has 2 aromatic rings. The number of hydrogen-bond donors (Lipinski definition) is 1. The van der Waals surface area contributed by atoms with Crippen molar-refractivity contribution in [2.45, 2.75) is 19.9 Å². The number of nitrogens with one attached hydrogen (secondary N) is 1. The molecule has 0 radical (unpaired) electrons. The largest absolute Gasteiger partial charge is 0.482 e. The van der Waals surface area contributed by atoms with Crippen molar-refractivity contribution in [2.75, 3.05) is 6.61 Å². The van der Waals surface area contributed by atoms with Gasteiger partial charge in [-0.25, -0.2) is 0 Å².